The Bertz CT molecular complexity index is 362. The number of rotatable bonds is 8. The fourth-order valence-electron chi connectivity index (χ4n) is 0.959. The van der Waals surface area contributed by atoms with E-state index in [2.05, 4.69) is 0 Å². The van der Waals surface area contributed by atoms with Gasteiger partial charge in [-0.1, -0.05) is 6.92 Å². The van der Waals surface area contributed by atoms with Crippen LogP contribution < -0.4 is 5.73 Å². The Kier molecular flexibility index (Phi) is 7.77. The van der Waals surface area contributed by atoms with Crippen molar-refractivity contribution in [3.63, 3.8) is 0 Å². The molecule has 0 bridgehead atoms. The number of nitrogens with two attached hydrogens (primary N) is 1. The van der Waals surface area contributed by atoms with Crippen LogP contribution in [0.1, 0.15) is 48.0 Å². The van der Waals surface area contributed by atoms with Crippen molar-refractivity contribution in [3.05, 3.63) is 0 Å². The van der Waals surface area contributed by atoms with Gasteiger partial charge in [0.1, 0.15) is 11.5 Å². The van der Waals surface area contributed by atoms with Gasteiger partial charge in [0.25, 0.3) is 0 Å². The smallest absolute Gasteiger partial charge is 0.392 e. The summed E-state index contributed by atoms with van der Waals surface area (Å²) >= 11 is 0.848. The monoisotopic (exact) mass is 327 g/mol. The highest BCUT2D eigenvalue weighted by atomic mass is 32.7. The number of ether oxygens (including phenoxy) is 1. The summed E-state index contributed by atoms with van der Waals surface area (Å²) in [6.45, 7) is 7.28. The summed E-state index contributed by atoms with van der Waals surface area (Å²) in [7, 11) is 0. The Morgan fingerprint density at radius 1 is 1.25 bits per heavy atom. The molecule has 120 valence electrons. The fraction of sp³-hybridized carbons (Fsp3) is 0.917. The second-order valence-corrected chi connectivity index (χ2v) is 9.83. The molecule has 0 aromatic carbocycles. The van der Waals surface area contributed by atoms with E-state index >= 15 is 0 Å². The minimum absolute atomic E-state index is 0.128. The molecule has 0 radical (unpaired) electrons. The van der Waals surface area contributed by atoms with Crippen LogP contribution in [0, 0.1) is 0 Å². The Labute approximate surface area is 125 Å². The molecular formula is C12H26NO5PS. The van der Waals surface area contributed by atoms with E-state index in [4.69, 9.17) is 19.5 Å². The normalized spacial score (nSPS) is 15.8. The standard InChI is InChI=1S/C12H26NO5PS/c1-7-8-17-19(15,18-11(2,3)4)20-9-16-10(14)12(5,6)13/h7-9,13H2,1-6H3. The van der Waals surface area contributed by atoms with E-state index in [9.17, 15) is 9.36 Å². The first-order valence-corrected chi connectivity index (χ1v) is 9.59. The summed E-state index contributed by atoms with van der Waals surface area (Å²) in [6, 6.07) is 0. The number of carbonyl (C=O) groups excluding carboxylic acids is 1. The zero-order valence-electron chi connectivity index (χ0n) is 13.1. The predicted octanol–water partition coefficient (Wildman–Crippen LogP) is 3.31. The van der Waals surface area contributed by atoms with Crippen LogP contribution in [0.25, 0.3) is 0 Å². The van der Waals surface area contributed by atoms with Crippen molar-refractivity contribution in [3.8, 4) is 0 Å². The minimum atomic E-state index is -3.37. The molecule has 0 aliphatic carbocycles. The van der Waals surface area contributed by atoms with Gasteiger partial charge in [-0.05, 0) is 41.0 Å². The number of hydrogen-bond acceptors (Lipinski definition) is 7. The molecule has 0 heterocycles. The van der Waals surface area contributed by atoms with Crippen molar-refractivity contribution in [2.24, 2.45) is 5.73 Å². The zero-order chi connectivity index (χ0) is 16.0. The van der Waals surface area contributed by atoms with Crippen LogP contribution in [0.3, 0.4) is 0 Å². The van der Waals surface area contributed by atoms with Gasteiger partial charge in [0.2, 0.25) is 0 Å². The van der Waals surface area contributed by atoms with Crippen molar-refractivity contribution >= 4 is 24.1 Å². The molecule has 2 N–H and O–H groups in total. The van der Waals surface area contributed by atoms with Crippen molar-refractivity contribution in [1.82, 2.24) is 0 Å². The van der Waals surface area contributed by atoms with Crippen molar-refractivity contribution in [1.29, 1.82) is 0 Å². The summed E-state index contributed by atoms with van der Waals surface area (Å²) in [5, 5.41) is 0. The molecule has 0 saturated carbocycles. The maximum Gasteiger partial charge on any atom is 0.392 e. The average molecular weight is 327 g/mol. The minimum Gasteiger partial charge on any atom is -0.453 e. The molecule has 0 aliphatic rings. The summed E-state index contributed by atoms with van der Waals surface area (Å²) in [5.41, 5.74) is 3.89. The summed E-state index contributed by atoms with van der Waals surface area (Å²) in [6.07, 6.45) is 0.716. The lowest BCUT2D eigenvalue weighted by Gasteiger charge is -2.26. The van der Waals surface area contributed by atoms with Crippen LogP contribution in [0.2, 0.25) is 0 Å². The Morgan fingerprint density at radius 2 is 1.80 bits per heavy atom. The first-order chi connectivity index (χ1) is 8.90. The summed E-state index contributed by atoms with van der Waals surface area (Å²) < 4.78 is 28.2. The van der Waals surface area contributed by atoms with E-state index in [1.54, 1.807) is 34.6 Å². The van der Waals surface area contributed by atoms with Gasteiger partial charge in [0.15, 0.2) is 0 Å². The molecule has 1 atom stereocenters. The topological polar surface area (TPSA) is 87.9 Å². The van der Waals surface area contributed by atoms with Crippen molar-refractivity contribution in [2.45, 2.75) is 59.1 Å². The van der Waals surface area contributed by atoms with E-state index < -0.39 is 23.9 Å². The van der Waals surface area contributed by atoms with E-state index in [-0.39, 0.29) is 5.94 Å². The number of carbonyl (C=O) groups is 1. The highest BCUT2D eigenvalue weighted by molar-refractivity contribution is 8.55. The third kappa shape index (κ3) is 8.97. The predicted molar refractivity (Wildman–Crippen MR) is 81.5 cm³/mol. The lowest BCUT2D eigenvalue weighted by Crippen LogP contribution is -2.42. The maximum absolute atomic E-state index is 12.5. The molecule has 8 heteroatoms. The molecule has 0 amide bonds. The fourth-order valence-corrected chi connectivity index (χ4v) is 4.33. The van der Waals surface area contributed by atoms with Crippen LogP contribution in [0.15, 0.2) is 0 Å². The van der Waals surface area contributed by atoms with Crippen LogP contribution in [0.4, 0.5) is 0 Å². The lowest BCUT2D eigenvalue weighted by atomic mass is 10.1. The van der Waals surface area contributed by atoms with E-state index in [1.165, 1.54) is 0 Å². The van der Waals surface area contributed by atoms with Gasteiger partial charge in [-0.25, -0.2) is 4.57 Å². The Morgan fingerprint density at radius 3 is 2.20 bits per heavy atom. The molecule has 0 spiro atoms. The van der Waals surface area contributed by atoms with Gasteiger partial charge in [-0.3, -0.25) is 9.32 Å². The molecular weight excluding hydrogens is 301 g/mol. The molecule has 0 aromatic heterocycles. The molecule has 20 heavy (non-hydrogen) atoms. The first-order valence-electron chi connectivity index (χ1n) is 6.45. The van der Waals surface area contributed by atoms with Gasteiger partial charge >= 0.3 is 12.8 Å². The van der Waals surface area contributed by atoms with Gasteiger partial charge in [-0.2, -0.15) is 0 Å². The average Bonchev–Trinajstić information content (AvgIpc) is 2.22. The van der Waals surface area contributed by atoms with E-state index in [0.717, 1.165) is 11.4 Å². The summed E-state index contributed by atoms with van der Waals surface area (Å²) in [5.74, 6) is -0.695. The second-order valence-electron chi connectivity index (χ2n) is 5.88. The molecule has 0 fully saturated rings. The van der Waals surface area contributed by atoms with Crippen molar-refractivity contribution < 1.29 is 23.1 Å². The highest BCUT2D eigenvalue weighted by Gasteiger charge is 2.33. The lowest BCUT2D eigenvalue weighted by molar-refractivity contribution is -0.146. The van der Waals surface area contributed by atoms with E-state index in [1.807, 2.05) is 6.92 Å². The third-order valence-corrected chi connectivity index (χ3v) is 5.38. The molecule has 0 aliphatic heterocycles. The van der Waals surface area contributed by atoms with Crippen molar-refractivity contribution in [2.75, 3.05) is 12.5 Å². The molecule has 0 aromatic rings. The molecule has 6 nitrogen and oxygen atoms in total. The number of esters is 1. The Hall–Kier alpha value is -0.0700. The molecule has 0 rings (SSSR count). The van der Waals surface area contributed by atoms with Crippen LogP contribution in [0.5, 0.6) is 0 Å². The van der Waals surface area contributed by atoms with E-state index in [0.29, 0.717) is 13.0 Å². The molecule has 0 saturated heterocycles. The largest absolute Gasteiger partial charge is 0.453 e. The maximum atomic E-state index is 12.5. The van der Waals surface area contributed by atoms with Gasteiger partial charge < -0.3 is 15.0 Å². The third-order valence-electron chi connectivity index (χ3n) is 1.77. The zero-order valence-corrected chi connectivity index (χ0v) is 14.8. The van der Waals surface area contributed by atoms with Gasteiger partial charge in [-0.15, -0.1) is 0 Å². The van der Waals surface area contributed by atoms with Crippen LogP contribution in [-0.4, -0.2) is 29.7 Å². The number of hydrogen-bond donors (Lipinski definition) is 1. The summed E-state index contributed by atoms with van der Waals surface area (Å²) in [4.78, 5) is 11.5. The van der Waals surface area contributed by atoms with Crippen LogP contribution >= 0.6 is 18.2 Å². The van der Waals surface area contributed by atoms with Crippen LogP contribution in [-0.2, 0) is 23.1 Å². The van der Waals surface area contributed by atoms with Gasteiger partial charge in [0.05, 0.1) is 12.2 Å². The SMILES string of the molecule is CCCOP(=O)(OC(C)(C)C)SCOC(=O)C(C)(C)N. The highest BCUT2D eigenvalue weighted by Crippen LogP contribution is 2.62. The first kappa shape index (κ1) is 19.9. The van der Waals surface area contributed by atoms with Gasteiger partial charge in [0, 0.05) is 11.4 Å². The second kappa shape index (κ2) is 7.80. The quantitative estimate of drug-likeness (QED) is 0.415. The Balaban J connectivity index is 4.52. The molecule has 1 unspecified atom stereocenters.